The molecule has 0 unspecified atom stereocenters. The number of ether oxygens (including phenoxy) is 1. The van der Waals surface area contributed by atoms with E-state index in [1.54, 1.807) is 0 Å². The van der Waals surface area contributed by atoms with Crippen molar-refractivity contribution in [3.05, 3.63) is 65.7 Å². The number of rotatable bonds is 5. The Morgan fingerprint density at radius 2 is 1.80 bits per heavy atom. The minimum absolute atomic E-state index is 0.00121. The molecule has 2 aromatic carbocycles. The third-order valence-electron chi connectivity index (χ3n) is 3.87. The Labute approximate surface area is 142 Å². The van der Waals surface area contributed by atoms with Gasteiger partial charge < -0.3 is 9.57 Å². The highest BCUT2D eigenvalue weighted by Gasteiger charge is 2.44. The molecule has 7 heteroatoms. The third-order valence-corrected chi connectivity index (χ3v) is 3.87. The second-order valence-electron chi connectivity index (χ2n) is 5.77. The highest BCUT2D eigenvalue weighted by molar-refractivity contribution is 5.75. The summed E-state index contributed by atoms with van der Waals surface area (Å²) in [6.07, 6.45) is -4.98. The van der Waals surface area contributed by atoms with Crippen LogP contribution in [0.4, 0.5) is 13.2 Å². The molecule has 0 bridgehead atoms. The molecule has 0 amide bonds. The number of benzene rings is 2. The van der Waals surface area contributed by atoms with Crippen LogP contribution in [0.1, 0.15) is 17.0 Å². The Morgan fingerprint density at radius 1 is 1.08 bits per heavy atom. The minimum Gasteiger partial charge on any atom is -0.489 e. The van der Waals surface area contributed by atoms with Crippen LogP contribution in [0.3, 0.4) is 0 Å². The van der Waals surface area contributed by atoms with Crippen molar-refractivity contribution >= 4 is 5.97 Å². The summed E-state index contributed by atoms with van der Waals surface area (Å²) in [7, 11) is 0. The third kappa shape index (κ3) is 4.51. The maximum atomic E-state index is 12.1. The largest absolute Gasteiger partial charge is 0.492 e. The summed E-state index contributed by atoms with van der Waals surface area (Å²) in [5, 5.41) is 1.01. The van der Waals surface area contributed by atoms with Gasteiger partial charge in [-0.1, -0.05) is 42.5 Å². The zero-order chi connectivity index (χ0) is 17.9. The van der Waals surface area contributed by atoms with Crippen molar-refractivity contribution in [1.29, 1.82) is 0 Å². The van der Waals surface area contributed by atoms with Gasteiger partial charge in [0.1, 0.15) is 12.4 Å². The molecule has 1 fully saturated rings. The van der Waals surface area contributed by atoms with E-state index in [-0.39, 0.29) is 19.0 Å². The van der Waals surface area contributed by atoms with Gasteiger partial charge in [-0.2, -0.15) is 13.2 Å². The van der Waals surface area contributed by atoms with Crippen molar-refractivity contribution in [2.24, 2.45) is 0 Å². The molecule has 1 aliphatic heterocycles. The Bertz CT molecular complexity index is 728. The molecule has 25 heavy (non-hydrogen) atoms. The summed E-state index contributed by atoms with van der Waals surface area (Å²) >= 11 is 0. The highest BCUT2D eigenvalue weighted by Crippen LogP contribution is 2.30. The number of carbonyl (C=O) groups is 1. The number of hydrogen-bond acceptors (Lipinski definition) is 4. The standard InChI is InChI=1S/C18H16F3NO3/c19-18(20,21)17(23)25-22-10-15(11-22)14-7-4-8-16(9-14)24-12-13-5-2-1-3-6-13/h1-9,15H,10-12H2. The number of nitrogens with zero attached hydrogens (tertiary/aromatic N) is 1. The van der Waals surface area contributed by atoms with Gasteiger partial charge in [-0.05, 0) is 23.3 Å². The molecule has 0 radical (unpaired) electrons. The molecule has 0 spiro atoms. The van der Waals surface area contributed by atoms with Gasteiger partial charge in [0.15, 0.2) is 0 Å². The number of alkyl halides is 3. The summed E-state index contributed by atoms with van der Waals surface area (Å²) < 4.78 is 42.2. The molecule has 0 atom stereocenters. The topological polar surface area (TPSA) is 38.8 Å². The van der Waals surface area contributed by atoms with Gasteiger partial charge in [0.25, 0.3) is 0 Å². The molecule has 1 saturated heterocycles. The average molecular weight is 351 g/mol. The summed E-state index contributed by atoms with van der Waals surface area (Å²) in [5.41, 5.74) is 1.98. The van der Waals surface area contributed by atoms with E-state index >= 15 is 0 Å². The van der Waals surface area contributed by atoms with Gasteiger partial charge in [0, 0.05) is 19.0 Å². The van der Waals surface area contributed by atoms with Gasteiger partial charge in [0.05, 0.1) is 0 Å². The molecule has 1 aliphatic rings. The molecule has 1 heterocycles. The zero-order valence-electron chi connectivity index (χ0n) is 13.2. The van der Waals surface area contributed by atoms with Crippen LogP contribution in [0.5, 0.6) is 5.75 Å². The van der Waals surface area contributed by atoms with Crippen LogP contribution < -0.4 is 4.74 Å². The lowest BCUT2D eigenvalue weighted by atomic mass is 9.93. The van der Waals surface area contributed by atoms with E-state index in [0.29, 0.717) is 12.4 Å². The summed E-state index contributed by atoms with van der Waals surface area (Å²) in [6.45, 7) is 0.887. The van der Waals surface area contributed by atoms with Crippen LogP contribution in [0.15, 0.2) is 54.6 Å². The maximum Gasteiger partial charge on any atom is 0.492 e. The Morgan fingerprint density at radius 3 is 2.48 bits per heavy atom. The van der Waals surface area contributed by atoms with E-state index in [1.165, 1.54) is 0 Å². The lowest BCUT2D eigenvalue weighted by Crippen LogP contribution is -2.47. The van der Waals surface area contributed by atoms with Gasteiger partial charge >= 0.3 is 12.1 Å². The number of carbonyl (C=O) groups excluding carboxylic acids is 1. The molecular weight excluding hydrogens is 335 g/mol. The number of hydroxylamine groups is 2. The van der Waals surface area contributed by atoms with E-state index in [4.69, 9.17) is 4.74 Å². The number of hydrogen-bond donors (Lipinski definition) is 0. The fraction of sp³-hybridized carbons (Fsp3) is 0.278. The fourth-order valence-corrected chi connectivity index (χ4v) is 2.49. The average Bonchev–Trinajstić information content (AvgIpc) is 2.56. The zero-order valence-corrected chi connectivity index (χ0v) is 13.2. The van der Waals surface area contributed by atoms with Crippen LogP contribution in [-0.4, -0.2) is 30.3 Å². The molecule has 3 rings (SSSR count). The van der Waals surface area contributed by atoms with E-state index < -0.39 is 12.1 Å². The predicted molar refractivity (Wildman–Crippen MR) is 83.7 cm³/mol. The molecule has 0 N–H and O–H groups in total. The fourth-order valence-electron chi connectivity index (χ4n) is 2.49. The van der Waals surface area contributed by atoms with Crippen molar-refractivity contribution in [2.75, 3.05) is 13.1 Å². The van der Waals surface area contributed by atoms with E-state index in [2.05, 4.69) is 4.84 Å². The van der Waals surface area contributed by atoms with Crippen molar-refractivity contribution in [3.63, 3.8) is 0 Å². The van der Waals surface area contributed by atoms with Crippen molar-refractivity contribution < 1.29 is 27.5 Å². The smallest absolute Gasteiger partial charge is 0.489 e. The molecule has 132 valence electrons. The van der Waals surface area contributed by atoms with E-state index in [1.807, 2.05) is 54.6 Å². The quantitative estimate of drug-likeness (QED) is 0.824. The summed E-state index contributed by atoms with van der Waals surface area (Å²) in [5.74, 6) is -1.50. The van der Waals surface area contributed by atoms with Crippen LogP contribution >= 0.6 is 0 Å². The first-order valence-electron chi connectivity index (χ1n) is 7.72. The van der Waals surface area contributed by atoms with E-state index in [9.17, 15) is 18.0 Å². The maximum absolute atomic E-state index is 12.1. The summed E-state index contributed by atoms with van der Waals surface area (Å²) in [4.78, 5) is 15.1. The van der Waals surface area contributed by atoms with Crippen LogP contribution in [0.2, 0.25) is 0 Å². The first kappa shape index (κ1) is 17.3. The van der Waals surface area contributed by atoms with Crippen LogP contribution in [0, 0.1) is 0 Å². The molecule has 0 saturated carbocycles. The van der Waals surface area contributed by atoms with Gasteiger partial charge in [0.2, 0.25) is 0 Å². The van der Waals surface area contributed by atoms with Gasteiger partial charge in [-0.3, -0.25) is 0 Å². The van der Waals surface area contributed by atoms with Crippen LogP contribution in [0.25, 0.3) is 0 Å². The van der Waals surface area contributed by atoms with E-state index in [0.717, 1.165) is 16.2 Å². The van der Waals surface area contributed by atoms with Crippen molar-refractivity contribution in [1.82, 2.24) is 5.06 Å². The van der Waals surface area contributed by atoms with Gasteiger partial charge in [-0.15, -0.1) is 5.06 Å². The molecule has 4 nitrogen and oxygen atoms in total. The predicted octanol–water partition coefficient (Wildman–Crippen LogP) is 3.69. The summed E-state index contributed by atoms with van der Waals surface area (Å²) in [6, 6.07) is 17.1. The minimum atomic E-state index is -4.98. The Balaban J connectivity index is 1.52. The molecule has 2 aromatic rings. The Kier molecular flexibility index (Phi) is 4.94. The normalized spacial score (nSPS) is 15.5. The Hall–Kier alpha value is -2.54. The highest BCUT2D eigenvalue weighted by atomic mass is 19.4. The molecule has 0 aliphatic carbocycles. The lowest BCUT2D eigenvalue weighted by Gasteiger charge is -2.37. The lowest BCUT2D eigenvalue weighted by molar-refractivity contribution is -0.253. The van der Waals surface area contributed by atoms with Crippen molar-refractivity contribution in [3.8, 4) is 5.75 Å². The monoisotopic (exact) mass is 351 g/mol. The first-order valence-corrected chi connectivity index (χ1v) is 7.72. The first-order chi connectivity index (χ1) is 11.9. The molecular formula is C18H16F3NO3. The van der Waals surface area contributed by atoms with Crippen molar-refractivity contribution in [2.45, 2.75) is 18.7 Å². The molecule has 0 aromatic heterocycles. The SMILES string of the molecule is O=C(ON1CC(c2cccc(OCc3ccccc3)c2)C1)C(F)(F)F. The van der Waals surface area contributed by atoms with Gasteiger partial charge in [-0.25, -0.2) is 4.79 Å². The second-order valence-corrected chi connectivity index (χ2v) is 5.77. The van der Waals surface area contributed by atoms with Crippen LogP contribution in [-0.2, 0) is 16.2 Å². The second kappa shape index (κ2) is 7.14. The number of halogens is 3.